The molecule has 0 saturated carbocycles. The first-order valence-electron chi connectivity index (χ1n) is 7.19. The highest BCUT2D eigenvalue weighted by molar-refractivity contribution is 9.10. The van der Waals surface area contributed by atoms with Gasteiger partial charge in [-0.3, -0.25) is 9.59 Å². The maximum Gasteiger partial charge on any atom is 0.252 e. The van der Waals surface area contributed by atoms with Crippen LogP contribution in [0, 0.1) is 0 Å². The van der Waals surface area contributed by atoms with Gasteiger partial charge in [-0.1, -0.05) is 6.07 Å². The van der Waals surface area contributed by atoms with Crippen LogP contribution in [0.15, 0.2) is 22.7 Å². The molecule has 1 aromatic rings. The van der Waals surface area contributed by atoms with Gasteiger partial charge >= 0.3 is 0 Å². The number of amides is 2. The van der Waals surface area contributed by atoms with Crippen molar-refractivity contribution >= 4 is 33.4 Å². The highest BCUT2D eigenvalue weighted by atomic mass is 79.9. The van der Waals surface area contributed by atoms with Crippen molar-refractivity contribution in [3.8, 4) is 0 Å². The van der Waals surface area contributed by atoms with Crippen molar-refractivity contribution in [1.82, 2.24) is 10.2 Å². The van der Waals surface area contributed by atoms with Crippen LogP contribution in [0.2, 0.25) is 0 Å². The van der Waals surface area contributed by atoms with E-state index in [-0.39, 0.29) is 11.8 Å². The number of hydrogen-bond acceptors (Lipinski definition) is 3. The summed E-state index contributed by atoms with van der Waals surface area (Å²) in [5.41, 5.74) is 6.75. The SMILES string of the molecule is Nc1cccc(C(=O)NCCC(=O)N2CCCCC2)c1Br. The lowest BCUT2D eigenvalue weighted by Gasteiger charge is -2.26. The Labute approximate surface area is 133 Å². The van der Waals surface area contributed by atoms with Gasteiger partial charge in [0.1, 0.15) is 0 Å². The van der Waals surface area contributed by atoms with E-state index < -0.39 is 0 Å². The second-order valence-corrected chi connectivity index (χ2v) is 5.95. The third kappa shape index (κ3) is 4.20. The Morgan fingerprint density at radius 1 is 1.24 bits per heavy atom. The van der Waals surface area contributed by atoms with Gasteiger partial charge in [0.25, 0.3) is 5.91 Å². The molecule has 2 amide bonds. The number of benzene rings is 1. The summed E-state index contributed by atoms with van der Waals surface area (Å²) < 4.78 is 0.588. The summed E-state index contributed by atoms with van der Waals surface area (Å²) in [6, 6.07) is 5.15. The molecule has 0 aliphatic carbocycles. The topological polar surface area (TPSA) is 75.4 Å². The van der Waals surface area contributed by atoms with Gasteiger partial charge in [0, 0.05) is 31.7 Å². The van der Waals surface area contributed by atoms with Gasteiger partial charge in [0.05, 0.1) is 10.0 Å². The number of carbonyl (C=O) groups is 2. The fraction of sp³-hybridized carbons (Fsp3) is 0.467. The van der Waals surface area contributed by atoms with Crippen LogP contribution in [-0.2, 0) is 4.79 Å². The number of hydrogen-bond donors (Lipinski definition) is 2. The number of nitrogens with one attached hydrogen (secondary N) is 1. The van der Waals surface area contributed by atoms with E-state index in [1.807, 2.05) is 4.90 Å². The maximum absolute atomic E-state index is 12.1. The van der Waals surface area contributed by atoms with E-state index in [1.165, 1.54) is 6.42 Å². The van der Waals surface area contributed by atoms with Crippen molar-refractivity contribution in [2.45, 2.75) is 25.7 Å². The summed E-state index contributed by atoms with van der Waals surface area (Å²) in [5, 5.41) is 2.77. The van der Waals surface area contributed by atoms with Crippen molar-refractivity contribution in [3.63, 3.8) is 0 Å². The predicted octanol–water partition coefficient (Wildman–Crippen LogP) is 2.16. The van der Waals surface area contributed by atoms with Crippen molar-refractivity contribution in [2.75, 3.05) is 25.4 Å². The molecule has 1 saturated heterocycles. The maximum atomic E-state index is 12.1. The summed E-state index contributed by atoms with van der Waals surface area (Å²) in [6.07, 6.45) is 3.69. The normalized spacial score (nSPS) is 14.8. The Morgan fingerprint density at radius 2 is 1.95 bits per heavy atom. The quantitative estimate of drug-likeness (QED) is 0.814. The summed E-state index contributed by atoms with van der Waals surface area (Å²) in [5.74, 6) is -0.109. The van der Waals surface area contributed by atoms with E-state index in [0.29, 0.717) is 28.7 Å². The number of carbonyl (C=O) groups excluding carboxylic acids is 2. The van der Waals surface area contributed by atoms with Crippen LogP contribution >= 0.6 is 15.9 Å². The Morgan fingerprint density at radius 3 is 2.67 bits per heavy atom. The Kier molecular flexibility index (Phi) is 5.61. The number of nitrogens with two attached hydrogens (primary N) is 1. The predicted molar refractivity (Wildman–Crippen MR) is 85.9 cm³/mol. The molecule has 5 nitrogen and oxygen atoms in total. The first kappa shape index (κ1) is 15.8. The van der Waals surface area contributed by atoms with E-state index in [0.717, 1.165) is 25.9 Å². The molecular weight excluding hydrogens is 334 g/mol. The molecule has 21 heavy (non-hydrogen) atoms. The molecule has 1 aromatic carbocycles. The molecule has 1 heterocycles. The zero-order valence-electron chi connectivity index (χ0n) is 11.9. The highest BCUT2D eigenvalue weighted by Crippen LogP contribution is 2.23. The summed E-state index contributed by atoms with van der Waals surface area (Å²) in [4.78, 5) is 25.9. The number of rotatable bonds is 4. The van der Waals surface area contributed by atoms with Gasteiger partial charge in [-0.05, 0) is 47.3 Å². The van der Waals surface area contributed by atoms with Gasteiger partial charge in [-0.25, -0.2) is 0 Å². The average Bonchev–Trinajstić information content (AvgIpc) is 2.50. The molecule has 0 radical (unpaired) electrons. The number of halogens is 1. The van der Waals surface area contributed by atoms with Gasteiger partial charge < -0.3 is 16.0 Å². The molecule has 1 fully saturated rings. The van der Waals surface area contributed by atoms with Crippen LogP contribution < -0.4 is 11.1 Å². The molecule has 1 aliphatic rings. The van der Waals surface area contributed by atoms with Gasteiger partial charge in [-0.2, -0.15) is 0 Å². The first-order valence-corrected chi connectivity index (χ1v) is 7.99. The molecule has 2 rings (SSSR count). The van der Waals surface area contributed by atoms with Crippen LogP contribution in [0.1, 0.15) is 36.0 Å². The molecule has 0 bridgehead atoms. The molecule has 0 unspecified atom stereocenters. The summed E-state index contributed by atoms with van der Waals surface area (Å²) in [7, 11) is 0. The molecule has 1 aliphatic heterocycles. The third-order valence-electron chi connectivity index (χ3n) is 3.61. The van der Waals surface area contributed by atoms with Crippen LogP contribution in [0.4, 0.5) is 5.69 Å². The lowest BCUT2D eigenvalue weighted by molar-refractivity contribution is -0.131. The third-order valence-corrected chi connectivity index (χ3v) is 4.49. The second kappa shape index (κ2) is 7.45. The molecule has 0 atom stereocenters. The molecule has 114 valence electrons. The minimum absolute atomic E-state index is 0.113. The highest BCUT2D eigenvalue weighted by Gasteiger charge is 2.17. The van der Waals surface area contributed by atoms with Gasteiger partial charge in [0.15, 0.2) is 0 Å². The minimum Gasteiger partial charge on any atom is -0.398 e. The fourth-order valence-electron chi connectivity index (χ4n) is 2.40. The van der Waals surface area contributed by atoms with E-state index in [2.05, 4.69) is 21.2 Å². The number of anilines is 1. The monoisotopic (exact) mass is 353 g/mol. The van der Waals surface area contributed by atoms with E-state index in [4.69, 9.17) is 5.73 Å². The standard InChI is InChI=1S/C15H20BrN3O2/c16-14-11(5-4-6-12(14)17)15(21)18-8-7-13(20)19-9-2-1-3-10-19/h4-6H,1-3,7-10,17H2,(H,18,21). The fourth-order valence-corrected chi connectivity index (χ4v) is 2.85. The second-order valence-electron chi connectivity index (χ2n) is 5.16. The molecule has 3 N–H and O–H groups in total. The lowest BCUT2D eigenvalue weighted by Crippen LogP contribution is -2.37. The number of nitrogen functional groups attached to an aromatic ring is 1. The minimum atomic E-state index is -0.222. The van der Waals surface area contributed by atoms with Crippen LogP contribution in [0.5, 0.6) is 0 Å². The van der Waals surface area contributed by atoms with Crippen molar-refractivity contribution in [1.29, 1.82) is 0 Å². The molecule has 6 heteroatoms. The first-order chi connectivity index (χ1) is 10.1. The number of nitrogens with zero attached hydrogens (tertiary/aromatic N) is 1. The van der Waals surface area contributed by atoms with E-state index in [1.54, 1.807) is 18.2 Å². The van der Waals surface area contributed by atoms with E-state index in [9.17, 15) is 9.59 Å². The number of piperidine rings is 1. The van der Waals surface area contributed by atoms with Crippen molar-refractivity contribution in [3.05, 3.63) is 28.2 Å². The van der Waals surface area contributed by atoms with Crippen molar-refractivity contribution in [2.24, 2.45) is 0 Å². The van der Waals surface area contributed by atoms with E-state index >= 15 is 0 Å². The Hall–Kier alpha value is -1.56. The Balaban J connectivity index is 1.81. The van der Waals surface area contributed by atoms with Gasteiger partial charge in [0.2, 0.25) is 5.91 Å². The molecular formula is C15H20BrN3O2. The number of likely N-dealkylation sites (tertiary alicyclic amines) is 1. The van der Waals surface area contributed by atoms with Gasteiger partial charge in [-0.15, -0.1) is 0 Å². The summed E-state index contributed by atoms with van der Waals surface area (Å²) in [6.45, 7) is 2.02. The van der Waals surface area contributed by atoms with Crippen molar-refractivity contribution < 1.29 is 9.59 Å². The molecule has 0 spiro atoms. The zero-order valence-corrected chi connectivity index (χ0v) is 13.5. The smallest absolute Gasteiger partial charge is 0.252 e. The molecule has 0 aromatic heterocycles. The zero-order chi connectivity index (χ0) is 15.2. The van der Waals surface area contributed by atoms with Crippen LogP contribution in [0.3, 0.4) is 0 Å². The average molecular weight is 354 g/mol. The van der Waals surface area contributed by atoms with Crippen LogP contribution in [-0.4, -0.2) is 36.3 Å². The largest absolute Gasteiger partial charge is 0.398 e. The summed E-state index contributed by atoms with van der Waals surface area (Å²) >= 11 is 3.30. The Bertz CT molecular complexity index is 528. The van der Waals surface area contributed by atoms with Crippen LogP contribution in [0.25, 0.3) is 0 Å². The lowest BCUT2D eigenvalue weighted by atomic mass is 10.1.